The summed E-state index contributed by atoms with van der Waals surface area (Å²) in [6, 6.07) is 21.2. The van der Waals surface area contributed by atoms with Crippen molar-refractivity contribution in [3.63, 3.8) is 0 Å². The summed E-state index contributed by atoms with van der Waals surface area (Å²) in [6.45, 7) is 7.50. The zero-order valence-electron chi connectivity index (χ0n) is 30.3. The van der Waals surface area contributed by atoms with Gasteiger partial charge in [-0.15, -0.1) is 0 Å². The van der Waals surface area contributed by atoms with Crippen LogP contribution < -0.4 is 30.6 Å². The highest BCUT2D eigenvalue weighted by Crippen LogP contribution is 2.46. The first-order chi connectivity index (χ1) is 24.9. The van der Waals surface area contributed by atoms with Crippen molar-refractivity contribution >= 4 is 17.3 Å². The van der Waals surface area contributed by atoms with Gasteiger partial charge in [0.25, 0.3) is 5.91 Å². The minimum Gasteiger partial charge on any atom is -0.493 e. The molecule has 0 fully saturated rings. The number of allylic oxidation sites excluding steroid dienone is 3. The van der Waals surface area contributed by atoms with Gasteiger partial charge in [-0.05, 0) is 49.6 Å². The van der Waals surface area contributed by atoms with Crippen molar-refractivity contribution in [2.24, 2.45) is 5.73 Å². The summed E-state index contributed by atoms with van der Waals surface area (Å²) in [5, 5.41) is 6.84. The Morgan fingerprint density at radius 1 is 0.843 bits per heavy atom. The summed E-state index contributed by atoms with van der Waals surface area (Å²) in [6.07, 6.45) is 8.27. The van der Waals surface area contributed by atoms with Crippen LogP contribution in [0, 0.1) is 13.8 Å². The fraction of sp³-hybridized carbons (Fsp3) is 0.341. The fourth-order valence-electron chi connectivity index (χ4n) is 6.11. The lowest BCUT2D eigenvalue weighted by Gasteiger charge is -2.31. The molecule has 2 aliphatic rings. The van der Waals surface area contributed by atoms with Gasteiger partial charge in [-0.1, -0.05) is 77.9 Å². The van der Waals surface area contributed by atoms with Crippen LogP contribution >= 0.6 is 0 Å². The van der Waals surface area contributed by atoms with Crippen LogP contribution in [0.4, 0.5) is 0 Å². The molecule has 3 aromatic rings. The molecule has 0 spiro atoms. The maximum absolute atomic E-state index is 13.1. The van der Waals surface area contributed by atoms with Crippen molar-refractivity contribution in [3.8, 4) is 17.2 Å². The normalized spacial score (nSPS) is 15.6. The van der Waals surface area contributed by atoms with Crippen LogP contribution in [0.3, 0.4) is 0 Å². The monoisotopic (exact) mass is 694 g/mol. The number of methoxy groups -OCH3 is 3. The van der Waals surface area contributed by atoms with Crippen LogP contribution in [0.1, 0.15) is 40.4 Å². The Morgan fingerprint density at radius 2 is 1.47 bits per heavy atom. The van der Waals surface area contributed by atoms with Crippen LogP contribution in [0.2, 0.25) is 0 Å². The van der Waals surface area contributed by atoms with Crippen molar-refractivity contribution in [1.29, 1.82) is 0 Å². The molecule has 0 bridgehead atoms. The summed E-state index contributed by atoms with van der Waals surface area (Å²) in [5.41, 5.74) is 14.8. The zero-order valence-corrected chi connectivity index (χ0v) is 30.3. The van der Waals surface area contributed by atoms with E-state index in [1.165, 1.54) is 11.1 Å². The number of carbonyl (C=O) groups is 1. The molecule has 1 atom stereocenters. The maximum Gasteiger partial charge on any atom is 0.251 e. The number of rotatable bonds is 17. The second-order valence-corrected chi connectivity index (χ2v) is 12.4. The first-order valence-corrected chi connectivity index (χ1v) is 17.3. The van der Waals surface area contributed by atoms with Crippen LogP contribution in [-0.4, -0.2) is 78.2 Å². The largest absolute Gasteiger partial charge is 0.493 e. The SMILES string of the molecule is COc1cc(C2NC(c3ccc(C)cc3)=C(c3ccc(C)cc3)N2CC2=CC=C(C(=O)NCCOCCOCCN)C=CC2)cc(OC)c1OC. The molecule has 1 unspecified atom stereocenters. The smallest absolute Gasteiger partial charge is 0.251 e. The average Bonchev–Trinajstić information content (AvgIpc) is 3.35. The highest BCUT2D eigenvalue weighted by atomic mass is 16.5. The van der Waals surface area contributed by atoms with E-state index >= 15 is 0 Å². The van der Waals surface area contributed by atoms with Crippen molar-refractivity contribution in [2.75, 3.05) is 67.4 Å². The molecule has 0 saturated heterocycles. The molecule has 10 nitrogen and oxygen atoms in total. The summed E-state index contributed by atoms with van der Waals surface area (Å²) in [4.78, 5) is 15.4. The second-order valence-electron chi connectivity index (χ2n) is 12.4. The highest BCUT2D eigenvalue weighted by molar-refractivity contribution is 5.96. The number of nitrogens with two attached hydrogens (primary N) is 1. The van der Waals surface area contributed by atoms with E-state index in [9.17, 15) is 4.79 Å². The van der Waals surface area contributed by atoms with Crippen LogP contribution in [0.25, 0.3) is 11.4 Å². The van der Waals surface area contributed by atoms with Crippen molar-refractivity contribution in [3.05, 3.63) is 124 Å². The van der Waals surface area contributed by atoms with E-state index < -0.39 is 0 Å². The molecule has 0 aromatic heterocycles. The number of hydrogen-bond acceptors (Lipinski definition) is 9. The number of hydrogen-bond donors (Lipinski definition) is 3. The van der Waals surface area contributed by atoms with E-state index in [1.807, 2.05) is 30.4 Å². The van der Waals surface area contributed by atoms with Crippen molar-refractivity contribution in [2.45, 2.75) is 26.4 Å². The van der Waals surface area contributed by atoms with Gasteiger partial charge < -0.3 is 45.0 Å². The third kappa shape index (κ3) is 9.40. The Morgan fingerprint density at radius 3 is 2.08 bits per heavy atom. The van der Waals surface area contributed by atoms with E-state index in [4.69, 9.17) is 29.4 Å². The van der Waals surface area contributed by atoms with Gasteiger partial charge >= 0.3 is 0 Å². The van der Waals surface area contributed by atoms with E-state index in [-0.39, 0.29) is 12.1 Å². The Labute approximate surface area is 301 Å². The zero-order chi connectivity index (χ0) is 36.2. The highest BCUT2D eigenvalue weighted by Gasteiger charge is 2.35. The molecule has 10 heteroatoms. The Bertz CT molecular complexity index is 1740. The predicted molar refractivity (Wildman–Crippen MR) is 201 cm³/mol. The molecule has 1 heterocycles. The molecule has 1 aliphatic heterocycles. The number of amides is 1. The number of nitrogens with one attached hydrogen (secondary N) is 2. The van der Waals surface area contributed by atoms with E-state index in [0.29, 0.717) is 75.3 Å². The molecule has 51 heavy (non-hydrogen) atoms. The third-order valence-electron chi connectivity index (χ3n) is 8.76. The van der Waals surface area contributed by atoms with Crippen LogP contribution in [0.5, 0.6) is 17.2 Å². The summed E-state index contributed by atoms with van der Waals surface area (Å²) in [5.74, 6) is 1.55. The lowest BCUT2D eigenvalue weighted by molar-refractivity contribution is -0.117. The molecular weight excluding hydrogens is 644 g/mol. The first kappa shape index (κ1) is 37.2. The fourth-order valence-corrected chi connectivity index (χ4v) is 6.11. The Hall–Kier alpha value is -5.03. The predicted octanol–water partition coefficient (Wildman–Crippen LogP) is 5.68. The summed E-state index contributed by atoms with van der Waals surface area (Å²) in [7, 11) is 4.87. The standard InChI is InChI=1S/C41H50N4O6/c1-28-9-14-31(15-10-28)37-38(32-16-11-29(2)12-17-32)45(40(44-37)34-25-35(47-3)39(49-5)36(26-34)48-4)27-30-7-6-8-33(18-13-30)41(46)43-20-22-51-24-23-50-21-19-42/h6,8-18,25-26,40,44H,7,19-24,27,42H2,1-5H3,(H,43,46). The van der Waals surface area contributed by atoms with E-state index in [1.54, 1.807) is 21.3 Å². The van der Waals surface area contributed by atoms with Crippen LogP contribution in [-0.2, 0) is 14.3 Å². The molecule has 0 saturated carbocycles. The second kappa shape index (κ2) is 18.3. The van der Waals surface area contributed by atoms with Gasteiger partial charge in [0.1, 0.15) is 6.17 Å². The summed E-state index contributed by atoms with van der Waals surface area (Å²) < 4.78 is 28.1. The van der Waals surface area contributed by atoms with Gasteiger partial charge in [-0.25, -0.2) is 0 Å². The topological polar surface area (TPSA) is 117 Å². The van der Waals surface area contributed by atoms with Gasteiger partial charge in [0.15, 0.2) is 11.5 Å². The van der Waals surface area contributed by atoms with Gasteiger partial charge in [0.2, 0.25) is 5.75 Å². The Kier molecular flexibility index (Phi) is 13.3. The van der Waals surface area contributed by atoms with E-state index in [0.717, 1.165) is 33.7 Å². The molecule has 5 rings (SSSR count). The Balaban J connectivity index is 1.47. The quantitative estimate of drug-likeness (QED) is 0.154. The number of carbonyl (C=O) groups excluding carboxylic acids is 1. The minimum atomic E-state index is -0.285. The number of benzene rings is 3. The lowest BCUT2D eigenvalue weighted by Crippen LogP contribution is -2.31. The van der Waals surface area contributed by atoms with Gasteiger partial charge in [0.05, 0.1) is 59.2 Å². The van der Waals surface area contributed by atoms with E-state index in [2.05, 4.69) is 84.0 Å². The van der Waals surface area contributed by atoms with Crippen molar-refractivity contribution < 1.29 is 28.5 Å². The molecular formula is C41H50N4O6. The molecule has 270 valence electrons. The maximum atomic E-state index is 13.1. The molecule has 0 radical (unpaired) electrons. The van der Waals surface area contributed by atoms with Crippen LogP contribution in [0.15, 0.2) is 96.1 Å². The molecule has 4 N–H and O–H groups in total. The third-order valence-corrected chi connectivity index (χ3v) is 8.76. The lowest BCUT2D eigenvalue weighted by atomic mass is 10.0. The van der Waals surface area contributed by atoms with Gasteiger partial charge in [0, 0.05) is 36.3 Å². The average molecular weight is 695 g/mol. The number of nitrogens with zero attached hydrogens (tertiary/aromatic N) is 1. The molecule has 1 amide bonds. The van der Waals surface area contributed by atoms with Gasteiger partial charge in [-0.2, -0.15) is 0 Å². The number of aryl methyl sites for hydroxylation is 2. The first-order valence-electron chi connectivity index (χ1n) is 17.3. The minimum absolute atomic E-state index is 0.147. The summed E-state index contributed by atoms with van der Waals surface area (Å²) >= 11 is 0. The molecule has 3 aromatic carbocycles. The number of ether oxygens (including phenoxy) is 5. The molecule has 1 aliphatic carbocycles. The van der Waals surface area contributed by atoms with Gasteiger partial charge in [-0.3, -0.25) is 4.79 Å². The van der Waals surface area contributed by atoms with Crippen molar-refractivity contribution in [1.82, 2.24) is 15.5 Å².